The first kappa shape index (κ1) is 13.4. The number of carbonyl (C=O) groups is 2. The first-order chi connectivity index (χ1) is 6.99. The number of rotatable bonds is 6. The van der Waals surface area contributed by atoms with Gasteiger partial charge in [-0.05, 0) is 13.8 Å². The monoisotopic (exact) mass is 216 g/mol. The van der Waals surface area contributed by atoms with Gasteiger partial charge >= 0.3 is 12.0 Å². The van der Waals surface area contributed by atoms with E-state index in [1.165, 1.54) is 4.90 Å². The van der Waals surface area contributed by atoms with Crippen molar-refractivity contribution in [2.24, 2.45) is 0 Å². The predicted molar refractivity (Wildman–Crippen MR) is 54.2 cm³/mol. The highest BCUT2D eigenvalue weighted by Crippen LogP contribution is 1.98. The van der Waals surface area contributed by atoms with Gasteiger partial charge in [-0.1, -0.05) is 6.08 Å². The summed E-state index contributed by atoms with van der Waals surface area (Å²) in [6, 6.07) is -0.498. The molecule has 0 fully saturated rings. The number of carboxylic acid groups (broad SMARTS) is 1. The number of urea groups is 1. The predicted octanol–water partition coefficient (Wildman–Crippen LogP) is 0.609. The van der Waals surface area contributed by atoms with E-state index in [9.17, 15) is 9.59 Å². The summed E-state index contributed by atoms with van der Waals surface area (Å²) in [5.41, 5.74) is 2.04. The Labute approximate surface area is 88.5 Å². The van der Waals surface area contributed by atoms with Crippen LogP contribution in [0.1, 0.15) is 13.8 Å². The quantitative estimate of drug-likeness (QED) is 0.503. The van der Waals surface area contributed by atoms with Crippen molar-refractivity contribution in [3.63, 3.8) is 0 Å². The molecule has 0 aromatic rings. The van der Waals surface area contributed by atoms with Gasteiger partial charge in [0.1, 0.15) is 0 Å². The van der Waals surface area contributed by atoms with Crippen molar-refractivity contribution >= 4 is 12.0 Å². The number of hydrogen-bond acceptors (Lipinski definition) is 3. The van der Waals surface area contributed by atoms with Gasteiger partial charge in [-0.25, -0.2) is 15.1 Å². The highest BCUT2D eigenvalue weighted by atomic mass is 16.7. The molecule has 0 atom stereocenters. The molecule has 0 aromatic carbocycles. The number of amides is 2. The lowest BCUT2D eigenvalue weighted by Gasteiger charge is -2.24. The minimum atomic E-state index is -1.14. The molecule has 6 nitrogen and oxygen atoms in total. The number of aliphatic carboxylic acids is 1. The molecule has 0 aliphatic heterocycles. The van der Waals surface area contributed by atoms with Crippen LogP contribution < -0.4 is 5.48 Å². The van der Waals surface area contributed by atoms with Crippen molar-refractivity contribution in [1.82, 2.24) is 10.4 Å². The van der Waals surface area contributed by atoms with Crippen LogP contribution in [0.25, 0.3) is 0 Å². The molecule has 0 rings (SSSR count). The van der Waals surface area contributed by atoms with Crippen LogP contribution >= 0.6 is 0 Å². The maximum atomic E-state index is 11.4. The van der Waals surface area contributed by atoms with Crippen LogP contribution in [0.4, 0.5) is 4.79 Å². The molecule has 0 aromatic heterocycles. The lowest BCUT2D eigenvalue weighted by molar-refractivity contribution is -0.144. The Balaban J connectivity index is 4.02. The van der Waals surface area contributed by atoms with Gasteiger partial charge in [0, 0.05) is 12.6 Å². The molecule has 0 saturated heterocycles. The van der Waals surface area contributed by atoms with Crippen molar-refractivity contribution in [2.45, 2.75) is 19.9 Å². The zero-order chi connectivity index (χ0) is 11.8. The lowest BCUT2D eigenvalue weighted by atomic mass is 10.3. The second kappa shape index (κ2) is 6.83. The molecule has 0 spiro atoms. The molecule has 0 unspecified atom stereocenters. The van der Waals surface area contributed by atoms with Crippen LogP contribution in [0.5, 0.6) is 0 Å². The number of hydrogen-bond donors (Lipinski definition) is 2. The van der Waals surface area contributed by atoms with Gasteiger partial charge in [0.25, 0.3) is 0 Å². The van der Waals surface area contributed by atoms with Crippen LogP contribution in [-0.2, 0) is 9.63 Å². The second-order valence-electron chi connectivity index (χ2n) is 3.12. The molecule has 0 bridgehead atoms. The fraction of sp³-hybridized carbons (Fsp3) is 0.556. The molecule has 0 aliphatic carbocycles. The standard InChI is InChI=1S/C9H16N2O4/c1-4-5-11(7(2)3)9(14)10-15-6-8(12)13/h4,7H,1,5-6H2,2-3H3,(H,10,14)(H,12,13). The van der Waals surface area contributed by atoms with E-state index in [0.717, 1.165) is 0 Å². The molecule has 2 N–H and O–H groups in total. The number of nitrogens with one attached hydrogen (secondary N) is 1. The average molecular weight is 216 g/mol. The summed E-state index contributed by atoms with van der Waals surface area (Å²) < 4.78 is 0. The fourth-order valence-corrected chi connectivity index (χ4v) is 0.886. The lowest BCUT2D eigenvalue weighted by Crippen LogP contribution is -2.44. The summed E-state index contributed by atoms with van der Waals surface area (Å²) in [6.45, 7) is 7.00. The van der Waals surface area contributed by atoms with Gasteiger partial charge in [0.2, 0.25) is 0 Å². The third kappa shape index (κ3) is 5.69. The summed E-state index contributed by atoms with van der Waals surface area (Å²) in [5, 5.41) is 8.27. The summed E-state index contributed by atoms with van der Waals surface area (Å²) in [7, 11) is 0. The van der Waals surface area contributed by atoms with Crippen LogP contribution in [0.2, 0.25) is 0 Å². The van der Waals surface area contributed by atoms with Crippen LogP contribution in [0, 0.1) is 0 Å². The van der Waals surface area contributed by atoms with Gasteiger partial charge in [0.05, 0.1) is 0 Å². The van der Waals surface area contributed by atoms with Gasteiger partial charge in [0.15, 0.2) is 6.61 Å². The zero-order valence-corrected chi connectivity index (χ0v) is 8.90. The molecule has 2 amide bonds. The first-order valence-corrected chi connectivity index (χ1v) is 4.50. The minimum Gasteiger partial charge on any atom is -0.479 e. The maximum absolute atomic E-state index is 11.4. The summed E-state index contributed by atoms with van der Waals surface area (Å²) in [4.78, 5) is 27.4. The van der Waals surface area contributed by atoms with Crippen molar-refractivity contribution in [3.8, 4) is 0 Å². The van der Waals surface area contributed by atoms with E-state index in [0.29, 0.717) is 6.54 Å². The smallest absolute Gasteiger partial charge is 0.341 e. The van der Waals surface area contributed by atoms with Crippen LogP contribution in [0.15, 0.2) is 12.7 Å². The first-order valence-electron chi connectivity index (χ1n) is 4.50. The third-order valence-corrected chi connectivity index (χ3v) is 1.57. The van der Waals surface area contributed by atoms with Gasteiger partial charge in [-0.15, -0.1) is 6.58 Å². The maximum Gasteiger partial charge on any atom is 0.341 e. The Morgan fingerprint density at radius 2 is 2.20 bits per heavy atom. The summed E-state index contributed by atoms with van der Waals surface area (Å²) in [5.74, 6) is -1.14. The summed E-state index contributed by atoms with van der Waals surface area (Å²) >= 11 is 0. The van der Waals surface area contributed by atoms with E-state index < -0.39 is 18.6 Å². The average Bonchev–Trinajstić information content (AvgIpc) is 2.12. The molecule has 6 heteroatoms. The third-order valence-electron chi connectivity index (χ3n) is 1.57. The Kier molecular flexibility index (Phi) is 6.12. The van der Waals surface area contributed by atoms with Crippen molar-refractivity contribution in [2.75, 3.05) is 13.2 Å². The zero-order valence-electron chi connectivity index (χ0n) is 8.90. The van der Waals surface area contributed by atoms with Crippen molar-refractivity contribution < 1.29 is 19.5 Å². The van der Waals surface area contributed by atoms with E-state index in [-0.39, 0.29) is 6.04 Å². The normalized spacial score (nSPS) is 9.80. The highest BCUT2D eigenvalue weighted by Gasteiger charge is 2.15. The molecule has 15 heavy (non-hydrogen) atoms. The van der Waals surface area contributed by atoms with Crippen LogP contribution in [0.3, 0.4) is 0 Å². The topological polar surface area (TPSA) is 78.9 Å². The van der Waals surface area contributed by atoms with Gasteiger partial charge < -0.3 is 10.0 Å². The Morgan fingerprint density at radius 1 is 1.60 bits per heavy atom. The van der Waals surface area contributed by atoms with Gasteiger partial charge in [-0.3, -0.25) is 4.84 Å². The highest BCUT2D eigenvalue weighted by molar-refractivity contribution is 5.74. The van der Waals surface area contributed by atoms with E-state index in [2.05, 4.69) is 11.4 Å². The molecule has 0 heterocycles. The Bertz CT molecular complexity index is 240. The van der Waals surface area contributed by atoms with Crippen molar-refractivity contribution in [1.29, 1.82) is 0 Å². The largest absolute Gasteiger partial charge is 0.479 e. The number of nitrogens with zero attached hydrogens (tertiary/aromatic N) is 1. The molecule has 0 aliphatic rings. The summed E-state index contributed by atoms with van der Waals surface area (Å²) in [6.07, 6.45) is 1.58. The molecule has 0 saturated carbocycles. The van der Waals surface area contributed by atoms with Crippen molar-refractivity contribution in [3.05, 3.63) is 12.7 Å². The molecular weight excluding hydrogens is 200 g/mol. The minimum absolute atomic E-state index is 0.0172. The SMILES string of the molecule is C=CCN(C(=O)NOCC(=O)O)C(C)C. The van der Waals surface area contributed by atoms with Crippen LogP contribution in [-0.4, -0.2) is 41.2 Å². The van der Waals surface area contributed by atoms with E-state index in [4.69, 9.17) is 5.11 Å². The molecular formula is C9H16N2O4. The Hall–Kier alpha value is -1.56. The fourth-order valence-electron chi connectivity index (χ4n) is 0.886. The van der Waals surface area contributed by atoms with Gasteiger partial charge in [-0.2, -0.15) is 0 Å². The second-order valence-corrected chi connectivity index (χ2v) is 3.12. The number of carboxylic acids is 1. The number of hydroxylamine groups is 1. The Morgan fingerprint density at radius 3 is 2.60 bits per heavy atom. The van der Waals surface area contributed by atoms with E-state index in [1.807, 2.05) is 19.3 Å². The molecule has 0 radical (unpaired) electrons. The molecule has 86 valence electrons. The number of carbonyl (C=O) groups excluding carboxylic acids is 1. The van der Waals surface area contributed by atoms with E-state index >= 15 is 0 Å². The van der Waals surface area contributed by atoms with E-state index in [1.54, 1.807) is 6.08 Å².